The second kappa shape index (κ2) is 3.92. The van der Waals surface area contributed by atoms with Crippen LogP contribution in [0.3, 0.4) is 0 Å². The van der Waals surface area contributed by atoms with E-state index in [0.717, 1.165) is 17.3 Å². The van der Waals surface area contributed by atoms with Gasteiger partial charge in [-0.15, -0.1) is 0 Å². The molecular formula is C11H15N5. The van der Waals surface area contributed by atoms with E-state index < -0.39 is 0 Å². The van der Waals surface area contributed by atoms with E-state index in [4.69, 9.17) is 5.73 Å². The van der Waals surface area contributed by atoms with Gasteiger partial charge in [0.1, 0.15) is 11.6 Å². The van der Waals surface area contributed by atoms with Crippen molar-refractivity contribution in [2.24, 2.45) is 0 Å². The van der Waals surface area contributed by atoms with Crippen LogP contribution in [0.4, 0.5) is 5.95 Å². The van der Waals surface area contributed by atoms with Crippen molar-refractivity contribution in [3.63, 3.8) is 0 Å². The molecule has 2 aromatic rings. The third kappa shape index (κ3) is 1.88. The highest BCUT2D eigenvalue weighted by Crippen LogP contribution is 2.16. The van der Waals surface area contributed by atoms with Crippen LogP contribution in [0.1, 0.15) is 31.3 Å². The molecule has 2 N–H and O–H groups in total. The van der Waals surface area contributed by atoms with Crippen LogP contribution in [-0.2, 0) is 0 Å². The Kier molecular flexibility index (Phi) is 2.60. The Morgan fingerprint density at radius 1 is 1.31 bits per heavy atom. The number of hydrogen-bond acceptors (Lipinski definition) is 4. The molecule has 5 nitrogen and oxygen atoms in total. The van der Waals surface area contributed by atoms with Crippen molar-refractivity contribution in [3.8, 4) is 5.82 Å². The second-order valence-corrected chi connectivity index (χ2v) is 4.01. The maximum atomic E-state index is 5.70. The minimum atomic E-state index is 0.300. The molecule has 16 heavy (non-hydrogen) atoms. The maximum absolute atomic E-state index is 5.70. The summed E-state index contributed by atoms with van der Waals surface area (Å²) in [6.45, 7) is 6.08. The van der Waals surface area contributed by atoms with E-state index in [1.165, 1.54) is 0 Å². The summed E-state index contributed by atoms with van der Waals surface area (Å²) in [6.07, 6.45) is 3.60. The fraction of sp³-hybridized carbons (Fsp3) is 0.364. The molecule has 0 unspecified atom stereocenters. The zero-order chi connectivity index (χ0) is 11.7. The van der Waals surface area contributed by atoms with Gasteiger partial charge in [0.05, 0.1) is 5.69 Å². The molecule has 0 aliphatic heterocycles. The average Bonchev–Trinajstić information content (AvgIpc) is 2.63. The van der Waals surface area contributed by atoms with Gasteiger partial charge in [-0.05, 0) is 12.8 Å². The summed E-state index contributed by atoms with van der Waals surface area (Å²) in [5.74, 6) is 2.28. The summed E-state index contributed by atoms with van der Waals surface area (Å²) in [4.78, 5) is 12.6. The molecule has 2 aromatic heterocycles. The van der Waals surface area contributed by atoms with Crippen molar-refractivity contribution in [2.75, 3.05) is 5.73 Å². The molecule has 0 saturated carbocycles. The molecule has 0 spiro atoms. The summed E-state index contributed by atoms with van der Waals surface area (Å²) in [6, 6.07) is 1.94. The van der Waals surface area contributed by atoms with E-state index >= 15 is 0 Å². The van der Waals surface area contributed by atoms with E-state index in [1.807, 2.05) is 23.8 Å². The van der Waals surface area contributed by atoms with Gasteiger partial charge in [0.2, 0.25) is 5.95 Å². The van der Waals surface area contributed by atoms with Gasteiger partial charge < -0.3 is 5.73 Å². The maximum Gasteiger partial charge on any atom is 0.222 e. The predicted molar refractivity (Wildman–Crippen MR) is 62.4 cm³/mol. The van der Waals surface area contributed by atoms with Crippen LogP contribution < -0.4 is 5.73 Å². The largest absolute Gasteiger partial charge is 0.368 e. The van der Waals surface area contributed by atoms with Crippen LogP contribution >= 0.6 is 0 Å². The smallest absolute Gasteiger partial charge is 0.222 e. The van der Waals surface area contributed by atoms with Crippen LogP contribution in [0.5, 0.6) is 0 Å². The van der Waals surface area contributed by atoms with E-state index in [2.05, 4.69) is 28.8 Å². The van der Waals surface area contributed by atoms with Crippen molar-refractivity contribution < 1.29 is 0 Å². The third-order valence-electron chi connectivity index (χ3n) is 2.41. The number of hydrogen-bond donors (Lipinski definition) is 1. The predicted octanol–water partition coefficient (Wildman–Crippen LogP) is 1.68. The lowest BCUT2D eigenvalue weighted by atomic mass is 10.1. The Balaban J connectivity index is 2.54. The standard InChI is InChI=1S/C11H15N5/c1-7(2)9-6-10(15-11(12)14-9)16-5-4-13-8(16)3/h4-7H,1-3H3,(H2,12,14,15). The van der Waals surface area contributed by atoms with Gasteiger partial charge in [0, 0.05) is 18.5 Å². The number of imidazole rings is 1. The van der Waals surface area contributed by atoms with Gasteiger partial charge in [0.25, 0.3) is 0 Å². The molecule has 5 heteroatoms. The first-order valence-corrected chi connectivity index (χ1v) is 5.22. The molecule has 2 heterocycles. The number of anilines is 1. The Morgan fingerprint density at radius 3 is 2.62 bits per heavy atom. The quantitative estimate of drug-likeness (QED) is 0.830. The molecule has 0 fully saturated rings. The van der Waals surface area contributed by atoms with Crippen molar-refractivity contribution in [2.45, 2.75) is 26.7 Å². The Hall–Kier alpha value is -1.91. The van der Waals surface area contributed by atoms with Crippen LogP contribution in [-0.4, -0.2) is 19.5 Å². The summed E-state index contributed by atoms with van der Waals surface area (Å²) in [5, 5.41) is 0. The molecule has 0 saturated heterocycles. The van der Waals surface area contributed by atoms with Gasteiger partial charge in [0.15, 0.2) is 0 Å². The first-order valence-electron chi connectivity index (χ1n) is 5.22. The number of rotatable bonds is 2. The average molecular weight is 217 g/mol. The lowest BCUT2D eigenvalue weighted by Gasteiger charge is -2.09. The lowest BCUT2D eigenvalue weighted by Crippen LogP contribution is -2.07. The van der Waals surface area contributed by atoms with Crippen molar-refractivity contribution in [3.05, 3.63) is 30.0 Å². The van der Waals surface area contributed by atoms with Gasteiger partial charge in [-0.25, -0.2) is 9.97 Å². The highest BCUT2D eigenvalue weighted by Gasteiger charge is 2.08. The Labute approximate surface area is 94.4 Å². The normalized spacial score (nSPS) is 11.0. The first-order chi connectivity index (χ1) is 7.58. The van der Waals surface area contributed by atoms with Gasteiger partial charge in [-0.3, -0.25) is 4.57 Å². The zero-order valence-corrected chi connectivity index (χ0v) is 9.68. The molecule has 0 bridgehead atoms. The minimum absolute atomic E-state index is 0.300. The number of nitrogen functional groups attached to an aromatic ring is 1. The van der Waals surface area contributed by atoms with E-state index in [-0.39, 0.29) is 0 Å². The highest BCUT2D eigenvalue weighted by molar-refractivity contribution is 5.34. The van der Waals surface area contributed by atoms with E-state index in [9.17, 15) is 0 Å². The fourth-order valence-electron chi connectivity index (χ4n) is 1.51. The van der Waals surface area contributed by atoms with Crippen molar-refractivity contribution >= 4 is 5.95 Å². The number of aryl methyl sites for hydroxylation is 1. The Bertz CT molecular complexity index is 501. The zero-order valence-electron chi connectivity index (χ0n) is 9.68. The number of aromatic nitrogens is 4. The molecule has 0 radical (unpaired) electrons. The van der Waals surface area contributed by atoms with E-state index in [1.54, 1.807) is 6.20 Å². The van der Waals surface area contributed by atoms with Crippen LogP contribution in [0.25, 0.3) is 5.82 Å². The molecule has 0 amide bonds. The van der Waals surface area contributed by atoms with E-state index in [0.29, 0.717) is 11.9 Å². The summed E-state index contributed by atoms with van der Waals surface area (Å²) in [7, 11) is 0. The molecule has 0 aliphatic rings. The molecule has 0 aromatic carbocycles. The fourth-order valence-corrected chi connectivity index (χ4v) is 1.51. The first kappa shape index (κ1) is 10.6. The Morgan fingerprint density at radius 2 is 2.06 bits per heavy atom. The molecule has 84 valence electrons. The monoisotopic (exact) mass is 217 g/mol. The van der Waals surface area contributed by atoms with Crippen LogP contribution in [0.15, 0.2) is 18.5 Å². The SMILES string of the molecule is Cc1nccn1-c1cc(C(C)C)nc(N)n1. The van der Waals surface area contributed by atoms with Crippen molar-refractivity contribution in [1.29, 1.82) is 0 Å². The molecule has 0 atom stereocenters. The molecule has 0 aliphatic carbocycles. The minimum Gasteiger partial charge on any atom is -0.368 e. The van der Waals surface area contributed by atoms with Gasteiger partial charge in [-0.2, -0.15) is 4.98 Å². The van der Waals surface area contributed by atoms with Crippen LogP contribution in [0.2, 0.25) is 0 Å². The topological polar surface area (TPSA) is 69.6 Å². The number of nitrogens with two attached hydrogens (primary N) is 1. The molecular weight excluding hydrogens is 202 g/mol. The molecule has 2 rings (SSSR count). The summed E-state index contributed by atoms with van der Waals surface area (Å²) >= 11 is 0. The second-order valence-electron chi connectivity index (χ2n) is 4.01. The van der Waals surface area contributed by atoms with Crippen LogP contribution in [0, 0.1) is 6.92 Å². The lowest BCUT2D eigenvalue weighted by molar-refractivity contribution is 0.805. The third-order valence-corrected chi connectivity index (χ3v) is 2.41. The summed E-state index contributed by atoms with van der Waals surface area (Å²) < 4.78 is 1.89. The summed E-state index contributed by atoms with van der Waals surface area (Å²) in [5.41, 5.74) is 6.64. The van der Waals surface area contributed by atoms with Gasteiger partial charge in [-0.1, -0.05) is 13.8 Å². The number of nitrogens with zero attached hydrogens (tertiary/aromatic N) is 4. The van der Waals surface area contributed by atoms with Gasteiger partial charge >= 0.3 is 0 Å². The van der Waals surface area contributed by atoms with Crippen molar-refractivity contribution in [1.82, 2.24) is 19.5 Å². The highest BCUT2D eigenvalue weighted by atomic mass is 15.2.